The Kier molecular flexibility index (Phi) is 102. The van der Waals surface area contributed by atoms with E-state index in [0.29, 0.717) is 49.9 Å². The van der Waals surface area contributed by atoms with Gasteiger partial charge in [-0.25, -0.2) is 9.59 Å². The average molecular weight is 1570 g/mol. The molecule has 4 atom stereocenters. The number of unbranched alkanes of at least 4 members (excludes halogenated alkanes) is 40. The molecule has 0 aliphatic carbocycles. The van der Waals surface area contributed by atoms with Crippen LogP contribution < -0.4 is 10.6 Å². The lowest BCUT2D eigenvalue weighted by molar-refractivity contribution is -0.147. The summed E-state index contributed by atoms with van der Waals surface area (Å²) < 4.78 is 31.5. The number of hydrogen-bond donors (Lipinski definition) is 2. The van der Waals surface area contributed by atoms with Gasteiger partial charge < -0.3 is 39.1 Å². The van der Waals surface area contributed by atoms with E-state index >= 15 is 0 Å². The number of nitrogens with one attached hydrogen (secondary N) is 2. The van der Waals surface area contributed by atoms with E-state index in [2.05, 4.69) is 51.5 Å². The van der Waals surface area contributed by atoms with Crippen molar-refractivity contribution in [3.05, 3.63) is 24.3 Å². The molecule has 0 heterocycles. The van der Waals surface area contributed by atoms with E-state index in [4.69, 9.17) is 28.4 Å². The van der Waals surface area contributed by atoms with Crippen LogP contribution in [0.15, 0.2) is 24.3 Å². The minimum Gasteiger partial charge on any atom is -0.463 e. The standard InChI is InChI=1S/C90H168N2O12.6CH4/c1-9-13-17-21-33-45-57-81(83(59-47-35-23-19-15-11-3)63-51-39-27-31-43-55-67-87(95)101-75-71-99-73-77-103-89(97)79(5)6)61-49-37-25-29-41-53-65-85(93)91-69-70-92-86(94)66-54-42-30-26-38-50-62-82(58-46-34-22-18-14-10-2)84(60-48-36-24-20-16-12-4)64-52-40-28-32-44-56-68-88(96)102-76-72-100-74-78-104-90(98)80(7)8;;;;;;/h81-84H,5,7,9-78H2,1-4,6,8H3,(H,91,93)(H,92,94);6*1H4. The maximum absolute atomic E-state index is 12.8. The molecule has 0 aromatic heterocycles. The summed E-state index contributed by atoms with van der Waals surface area (Å²) >= 11 is 0. The van der Waals surface area contributed by atoms with Gasteiger partial charge >= 0.3 is 23.9 Å². The van der Waals surface area contributed by atoms with Crippen LogP contribution in [-0.2, 0) is 57.2 Å². The molecule has 4 unspecified atom stereocenters. The first-order valence-corrected chi connectivity index (χ1v) is 44.4. The molecule has 0 saturated carbocycles. The molecule has 0 radical (unpaired) electrons. The number of carbonyl (C=O) groups excluding carboxylic acids is 6. The molecule has 0 aliphatic rings. The third kappa shape index (κ3) is 83.6. The fourth-order valence-corrected chi connectivity index (χ4v) is 14.8. The van der Waals surface area contributed by atoms with Crippen LogP contribution in [0.4, 0.5) is 0 Å². The van der Waals surface area contributed by atoms with Gasteiger partial charge in [0.05, 0.1) is 26.4 Å². The van der Waals surface area contributed by atoms with E-state index in [1.165, 1.54) is 295 Å². The summed E-state index contributed by atoms with van der Waals surface area (Å²) in [6.07, 6.45) is 73.6. The molecule has 2 N–H and O–H groups in total. The molecule has 658 valence electrons. The summed E-state index contributed by atoms with van der Waals surface area (Å²) in [4.78, 5) is 73.0. The third-order valence-corrected chi connectivity index (χ3v) is 21.3. The quantitative estimate of drug-likeness (QED) is 0.0255. The van der Waals surface area contributed by atoms with Crippen LogP contribution in [0, 0.1) is 23.7 Å². The first kappa shape index (κ1) is 119. The summed E-state index contributed by atoms with van der Waals surface area (Å²) in [5.41, 5.74) is 0.719. The van der Waals surface area contributed by atoms with Gasteiger partial charge in [0.1, 0.15) is 26.4 Å². The van der Waals surface area contributed by atoms with Gasteiger partial charge in [-0.05, 0) is 63.2 Å². The first-order valence-electron chi connectivity index (χ1n) is 44.4. The van der Waals surface area contributed by atoms with Gasteiger partial charge in [-0.15, -0.1) is 0 Å². The van der Waals surface area contributed by atoms with Gasteiger partial charge in [0.2, 0.25) is 11.8 Å². The summed E-state index contributed by atoms with van der Waals surface area (Å²) in [5.74, 6) is 2.32. The minimum atomic E-state index is -0.427. The number of hydrogen-bond acceptors (Lipinski definition) is 12. The van der Waals surface area contributed by atoms with Crippen LogP contribution in [0.3, 0.4) is 0 Å². The Morgan fingerprint density at radius 1 is 0.245 bits per heavy atom. The zero-order valence-electron chi connectivity index (χ0n) is 69.1. The van der Waals surface area contributed by atoms with Crippen LogP contribution in [0.5, 0.6) is 0 Å². The van der Waals surface area contributed by atoms with Crippen molar-refractivity contribution in [2.45, 2.75) is 471 Å². The first-order chi connectivity index (χ1) is 50.8. The summed E-state index contributed by atoms with van der Waals surface area (Å²) in [5, 5.41) is 6.12. The predicted octanol–water partition coefficient (Wildman–Crippen LogP) is 28.3. The van der Waals surface area contributed by atoms with E-state index in [1.807, 2.05) is 0 Å². The molecule has 0 aliphatic heterocycles. The number of carbonyl (C=O) groups is 6. The van der Waals surface area contributed by atoms with Gasteiger partial charge in [0, 0.05) is 49.9 Å². The largest absolute Gasteiger partial charge is 0.463 e. The Labute approximate surface area is 685 Å². The second-order valence-corrected chi connectivity index (χ2v) is 31.1. The van der Waals surface area contributed by atoms with Gasteiger partial charge in [-0.3, -0.25) is 19.2 Å². The van der Waals surface area contributed by atoms with Crippen molar-refractivity contribution < 1.29 is 57.2 Å². The van der Waals surface area contributed by atoms with E-state index in [9.17, 15) is 28.8 Å². The predicted molar refractivity (Wildman–Crippen MR) is 475 cm³/mol. The van der Waals surface area contributed by atoms with E-state index in [0.717, 1.165) is 87.9 Å². The maximum Gasteiger partial charge on any atom is 0.333 e. The van der Waals surface area contributed by atoms with Crippen molar-refractivity contribution in [1.82, 2.24) is 10.6 Å². The lowest BCUT2D eigenvalue weighted by atomic mass is 9.78. The average Bonchev–Trinajstić information content (AvgIpc) is 0.919. The zero-order valence-corrected chi connectivity index (χ0v) is 69.1. The molecule has 0 bridgehead atoms. The molecule has 0 spiro atoms. The summed E-state index contributed by atoms with van der Waals surface area (Å²) in [6, 6.07) is 0. The van der Waals surface area contributed by atoms with Crippen LogP contribution >= 0.6 is 0 Å². The highest BCUT2D eigenvalue weighted by Gasteiger charge is 2.23. The fraction of sp³-hybridized carbons (Fsp3) is 0.896. The highest BCUT2D eigenvalue weighted by Crippen LogP contribution is 2.36. The molecule has 0 rings (SSSR count). The Hall–Kier alpha value is -3.78. The van der Waals surface area contributed by atoms with Crippen LogP contribution in [0.2, 0.25) is 0 Å². The van der Waals surface area contributed by atoms with Gasteiger partial charge in [-0.2, -0.15) is 0 Å². The SMILES string of the molecule is C.C.C.C.C.C.C=C(C)C(=O)OCCOCCOC(=O)CCCCCCCCC(CCCCCCCC)C(CCCCCCCC)CCCCCCCCC(=O)NCCNC(=O)CCCCCCCCC(CCCCCCCC)C(CCCCCCCC)CCCCCCCCC(=O)OCCOCCOC(=O)C(=C)C. The smallest absolute Gasteiger partial charge is 0.333 e. The Morgan fingerprint density at radius 3 is 0.636 bits per heavy atom. The van der Waals surface area contributed by atoms with Crippen molar-refractivity contribution in [3.8, 4) is 0 Å². The third-order valence-electron chi connectivity index (χ3n) is 21.3. The number of rotatable bonds is 83. The zero-order chi connectivity index (χ0) is 76.1. The lowest BCUT2D eigenvalue weighted by Crippen LogP contribution is -2.34. The van der Waals surface area contributed by atoms with Crippen LogP contribution in [0.1, 0.15) is 471 Å². The van der Waals surface area contributed by atoms with Gasteiger partial charge in [0.15, 0.2) is 0 Å². The second-order valence-electron chi connectivity index (χ2n) is 31.1. The molecular weight excluding hydrogens is 1370 g/mol. The fourth-order valence-electron chi connectivity index (χ4n) is 14.8. The number of ether oxygens (including phenoxy) is 6. The Morgan fingerprint density at radius 2 is 0.427 bits per heavy atom. The molecule has 2 amide bonds. The molecule has 110 heavy (non-hydrogen) atoms. The number of amides is 2. The van der Waals surface area contributed by atoms with Crippen LogP contribution in [-0.4, -0.2) is 102 Å². The minimum absolute atomic E-state index is 0. The normalized spacial score (nSPS) is 11.9. The maximum atomic E-state index is 12.8. The van der Waals surface area contributed by atoms with E-state index in [1.54, 1.807) is 13.8 Å². The molecule has 14 heteroatoms. The van der Waals surface area contributed by atoms with Crippen molar-refractivity contribution >= 4 is 35.7 Å². The second kappa shape index (κ2) is 94.1. The van der Waals surface area contributed by atoms with Crippen molar-refractivity contribution in [2.24, 2.45) is 23.7 Å². The topological polar surface area (TPSA) is 182 Å². The van der Waals surface area contributed by atoms with Crippen molar-refractivity contribution in [1.29, 1.82) is 0 Å². The van der Waals surface area contributed by atoms with E-state index in [-0.39, 0.29) is 121 Å². The molecule has 14 nitrogen and oxygen atoms in total. The molecular formula is C96H192N2O12. The van der Waals surface area contributed by atoms with Gasteiger partial charge in [0.25, 0.3) is 0 Å². The monoisotopic (exact) mass is 1570 g/mol. The Bertz CT molecular complexity index is 1860. The lowest BCUT2D eigenvalue weighted by Gasteiger charge is -2.28. The molecule has 0 aromatic carbocycles. The summed E-state index contributed by atoms with van der Waals surface area (Å²) in [6.45, 7) is 22.4. The number of esters is 4. The van der Waals surface area contributed by atoms with E-state index < -0.39 is 11.9 Å². The Balaban J connectivity index is -0.00000354. The molecule has 0 saturated heterocycles. The summed E-state index contributed by atoms with van der Waals surface area (Å²) in [7, 11) is 0. The highest BCUT2D eigenvalue weighted by molar-refractivity contribution is 5.87. The molecule has 0 aromatic rings. The van der Waals surface area contributed by atoms with Crippen molar-refractivity contribution in [2.75, 3.05) is 65.9 Å². The van der Waals surface area contributed by atoms with Crippen LogP contribution in [0.25, 0.3) is 0 Å². The highest BCUT2D eigenvalue weighted by atomic mass is 16.6. The molecule has 0 fully saturated rings. The van der Waals surface area contributed by atoms with Crippen molar-refractivity contribution in [3.63, 3.8) is 0 Å². The van der Waals surface area contributed by atoms with Gasteiger partial charge in [-0.1, -0.05) is 419 Å².